The normalized spacial score (nSPS) is 15.1. The first-order chi connectivity index (χ1) is 24.8. The number of esters is 2. The molecular weight excluding hydrogens is 714 g/mol. The van der Waals surface area contributed by atoms with Gasteiger partial charge in [0.25, 0.3) is 0 Å². The van der Waals surface area contributed by atoms with Crippen LogP contribution in [0.15, 0.2) is 24.3 Å². The third kappa shape index (κ3) is 35.6. The summed E-state index contributed by atoms with van der Waals surface area (Å²) >= 11 is 0. The Balaban J connectivity index is 4.62. The molecule has 0 aromatic carbocycles. The molecule has 2 unspecified atom stereocenters. The van der Waals surface area contributed by atoms with Crippen molar-refractivity contribution < 1.29 is 61.6 Å². The molecule has 52 heavy (non-hydrogen) atoms. The maximum absolute atomic E-state index is 12.6. The van der Waals surface area contributed by atoms with Gasteiger partial charge >= 0.3 is 27.6 Å². The minimum absolute atomic E-state index is 0.115. The highest BCUT2D eigenvalue weighted by Crippen LogP contribution is 2.43. The fraction of sp³-hybridized carbons (Fsp3) is 0.838. The molecule has 0 fully saturated rings. The van der Waals surface area contributed by atoms with Gasteiger partial charge < -0.3 is 29.3 Å². The lowest BCUT2D eigenvalue weighted by Gasteiger charge is -2.20. The van der Waals surface area contributed by atoms with Gasteiger partial charge in [-0.15, -0.1) is 0 Å². The molecule has 0 aliphatic rings. The van der Waals surface area contributed by atoms with Crippen LogP contribution in [-0.2, 0) is 41.8 Å². The summed E-state index contributed by atoms with van der Waals surface area (Å²) in [4.78, 5) is 52.4. The molecule has 0 aliphatic heterocycles. The van der Waals surface area contributed by atoms with Gasteiger partial charge in [0.1, 0.15) is 12.7 Å². The fourth-order valence-corrected chi connectivity index (χ4v) is 6.17. The number of carbonyl (C=O) groups excluding carboxylic acids is 2. The van der Waals surface area contributed by atoms with E-state index in [1.165, 1.54) is 51.4 Å². The maximum atomic E-state index is 12.6. The van der Waals surface area contributed by atoms with Crippen molar-refractivity contribution in [3.63, 3.8) is 0 Å². The Morgan fingerprint density at radius 2 is 1.13 bits per heavy atom. The second kappa shape index (κ2) is 33.0. The second-order valence-corrected chi connectivity index (χ2v) is 16.2. The average Bonchev–Trinajstić information content (AvgIpc) is 3.10. The van der Waals surface area contributed by atoms with Crippen LogP contribution in [0.1, 0.15) is 156 Å². The van der Waals surface area contributed by atoms with Gasteiger partial charge in [0.05, 0.1) is 19.8 Å². The van der Waals surface area contributed by atoms with Crippen molar-refractivity contribution in [2.45, 2.75) is 168 Å². The minimum Gasteiger partial charge on any atom is -0.462 e. The van der Waals surface area contributed by atoms with Gasteiger partial charge in [-0.05, 0) is 44.4 Å². The highest BCUT2D eigenvalue weighted by Gasteiger charge is 2.28. The van der Waals surface area contributed by atoms with E-state index in [9.17, 15) is 28.7 Å². The van der Waals surface area contributed by atoms with Crippen LogP contribution in [0.5, 0.6) is 0 Å². The largest absolute Gasteiger partial charge is 0.472 e. The van der Waals surface area contributed by atoms with Crippen molar-refractivity contribution in [2.24, 2.45) is 5.92 Å². The summed E-state index contributed by atoms with van der Waals surface area (Å²) in [5, 5.41) is 9.71. The third-order valence-electron chi connectivity index (χ3n) is 8.40. The summed E-state index contributed by atoms with van der Waals surface area (Å²) in [7, 11) is -9.66. The van der Waals surface area contributed by atoms with Crippen LogP contribution in [0, 0.1) is 5.92 Å². The number of phosphoric acid groups is 2. The molecule has 0 saturated heterocycles. The average molecular weight is 785 g/mol. The van der Waals surface area contributed by atoms with Crippen LogP contribution in [0.3, 0.4) is 0 Å². The maximum Gasteiger partial charge on any atom is 0.472 e. The predicted molar refractivity (Wildman–Crippen MR) is 202 cm³/mol. The molecule has 0 aromatic rings. The van der Waals surface area contributed by atoms with E-state index >= 15 is 0 Å². The zero-order chi connectivity index (χ0) is 38.9. The minimum atomic E-state index is -4.86. The van der Waals surface area contributed by atoms with E-state index in [2.05, 4.69) is 54.1 Å². The summed E-state index contributed by atoms with van der Waals surface area (Å²) in [6, 6.07) is 0. The topological polar surface area (TPSA) is 195 Å². The SMILES string of the molecule is CCCCCC/C=C\C=C/CCCCCCCC(=O)O[C@H](COC(=O)CCCCCCCCC(C)CC)COP(=O)(O)OC[C@@H](O)COP(=O)(O)O. The first kappa shape index (κ1) is 50.6. The lowest BCUT2D eigenvalue weighted by atomic mass is 10.00. The molecule has 0 aliphatic carbocycles. The Hall–Kier alpha value is -1.40. The van der Waals surface area contributed by atoms with Crippen molar-refractivity contribution in [1.29, 1.82) is 0 Å². The molecule has 4 N–H and O–H groups in total. The zero-order valence-electron chi connectivity index (χ0n) is 32.1. The molecule has 0 saturated carbocycles. The van der Waals surface area contributed by atoms with Gasteiger partial charge in [-0.25, -0.2) is 9.13 Å². The summed E-state index contributed by atoms with van der Waals surface area (Å²) in [5.74, 6) is -0.301. The van der Waals surface area contributed by atoms with Gasteiger partial charge in [-0.3, -0.25) is 23.2 Å². The monoisotopic (exact) mass is 784 g/mol. The van der Waals surface area contributed by atoms with Gasteiger partial charge in [-0.1, -0.05) is 129 Å². The fourth-order valence-electron chi connectivity index (χ4n) is 5.02. The van der Waals surface area contributed by atoms with Gasteiger partial charge in [-0.2, -0.15) is 0 Å². The van der Waals surface area contributed by atoms with Crippen molar-refractivity contribution in [3.8, 4) is 0 Å². The summed E-state index contributed by atoms with van der Waals surface area (Å²) in [5.41, 5.74) is 0. The predicted octanol–water partition coefficient (Wildman–Crippen LogP) is 9.03. The van der Waals surface area contributed by atoms with E-state index in [0.717, 1.165) is 63.7 Å². The number of rotatable bonds is 36. The van der Waals surface area contributed by atoms with E-state index in [-0.39, 0.29) is 19.4 Å². The molecule has 0 radical (unpaired) electrons. The van der Waals surface area contributed by atoms with Crippen LogP contribution in [0.4, 0.5) is 0 Å². The number of ether oxygens (including phenoxy) is 2. The Kier molecular flexibility index (Phi) is 32.1. The molecular formula is C37H70O13P2. The number of carbonyl (C=O) groups is 2. The molecule has 0 spiro atoms. The lowest BCUT2D eigenvalue weighted by Crippen LogP contribution is -2.30. The summed E-state index contributed by atoms with van der Waals surface area (Å²) < 4.78 is 47.6. The number of hydrogen-bond acceptors (Lipinski definition) is 10. The second-order valence-electron chi connectivity index (χ2n) is 13.5. The molecule has 0 rings (SSSR count). The number of unbranched alkanes of at least 4 members (excludes halogenated alkanes) is 14. The molecule has 0 aromatic heterocycles. The van der Waals surface area contributed by atoms with E-state index in [1.54, 1.807) is 0 Å². The van der Waals surface area contributed by atoms with Crippen LogP contribution < -0.4 is 0 Å². The quantitative estimate of drug-likeness (QED) is 0.0204. The van der Waals surface area contributed by atoms with Crippen molar-refractivity contribution in [2.75, 3.05) is 26.4 Å². The van der Waals surface area contributed by atoms with Crippen LogP contribution in [0.25, 0.3) is 0 Å². The van der Waals surface area contributed by atoms with Crippen LogP contribution in [0.2, 0.25) is 0 Å². The van der Waals surface area contributed by atoms with E-state index in [1.807, 2.05) is 0 Å². The number of phosphoric ester groups is 2. The highest BCUT2D eigenvalue weighted by atomic mass is 31.2. The lowest BCUT2D eigenvalue weighted by molar-refractivity contribution is -0.161. The smallest absolute Gasteiger partial charge is 0.462 e. The molecule has 306 valence electrons. The Bertz CT molecular complexity index is 1050. The van der Waals surface area contributed by atoms with Crippen molar-refractivity contribution in [1.82, 2.24) is 0 Å². The van der Waals surface area contributed by atoms with Gasteiger partial charge in [0.2, 0.25) is 0 Å². The van der Waals surface area contributed by atoms with E-state index in [4.69, 9.17) is 23.8 Å². The first-order valence-electron chi connectivity index (χ1n) is 19.4. The molecule has 0 bridgehead atoms. The zero-order valence-corrected chi connectivity index (χ0v) is 33.9. The molecule has 0 heterocycles. The van der Waals surface area contributed by atoms with Gasteiger partial charge in [0.15, 0.2) is 6.10 Å². The third-order valence-corrected chi connectivity index (χ3v) is 9.84. The van der Waals surface area contributed by atoms with E-state index < -0.39 is 59.6 Å². The summed E-state index contributed by atoms with van der Waals surface area (Å²) in [6.07, 6.45) is 26.3. The standard InChI is InChI=1S/C37H70O13P2/c1-4-6-7-8-9-10-11-12-13-14-15-16-17-22-25-28-37(40)50-35(32-49-52(44,45)48-30-34(38)29-47-51(41,42)43)31-46-36(39)27-24-21-19-18-20-23-26-33(3)5-2/h10-13,33-35,38H,4-9,14-32H2,1-3H3,(H,44,45)(H2,41,42,43)/b11-10-,13-12-/t33?,34-,35+/m0/s1. The number of aliphatic hydroxyl groups is 1. The van der Waals surface area contributed by atoms with E-state index in [0.29, 0.717) is 12.8 Å². The van der Waals surface area contributed by atoms with Crippen molar-refractivity contribution >= 4 is 27.6 Å². The van der Waals surface area contributed by atoms with Crippen molar-refractivity contribution in [3.05, 3.63) is 24.3 Å². The van der Waals surface area contributed by atoms with Crippen LogP contribution >= 0.6 is 15.6 Å². The highest BCUT2D eigenvalue weighted by molar-refractivity contribution is 7.47. The molecule has 0 amide bonds. The number of aliphatic hydroxyl groups excluding tert-OH is 1. The number of hydrogen-bond donors (Lipinski definition) is 4. The van der Waals surface area contributed by atoms with Crippen LogP contribution in [-0.4, -0.2) is 70.4 Å². The first-order valence-corrected chi connectivity index (χ1v) is 22.5. The molecule has 15 heteroatoms. The molecule has 4 atom stereocenters. The Labute approximate surface area is 313 Å². The molecule has 13 nitrogen and oxygen atoms in total. The van der Waals surface area contributed by atoms with Gasteiger partial charge in [0, 0.05) is 12.8 Å². The summed E-state index contributed by atoms with van der Waals surface area (Å²) in [6.45, 7) is 3.96. The Morgan fingerprint density at radius 3 is 1.71 bits per heavy atom. The Morgan fingerprint density at radius 1 is 0.635 bits per heavy atom. The number of allylic oxidation sites excluding steroid dienone is 4.